The highest BCUT2D eigenvalue weighted by atomic mass is 32.1. The first-order valence-corrected chi connectivity index (χ1v) is 8.24. The Labute approximate surface area is 120 Å². The van der Waals surface area contributed by atoms with E-state index in [4.69, 9.17) is 0 Å². The third-order valence-corrected chi connectivity index (χ3v) is 6.07. The number of aryl methyl sites for hydroxylation is 2. The fraction of sp³-hybridized carbons (Fsp3) is 0.688. The minimum atomic E-state index is 0.421. The lowest BCUT2D eigenvalue weighted by Crippen LogP contribution is -2.37. The molecule has 0 spiro atoms. The molecule has 0 aromatic carbocycles. The van der Waals surface area contributed by atoms with Crippen molar-refractivity contribution >= 4 is 11.3 Å². The number of aromatic nitrogens is 1. The van der Waals surface area contributed by atoms with E-state index >= 15 is 0 Å². The molecule has 5 atom stereocenters. The monoisotopic (exact) mass is 276 g/mol. The molecule has 2 bridgehead atoms. The maximum Gasteiger partial charge on any atom is 0.0900 e. The van der Waals surface area contributed by atoms with Crippen LogP contribution < -0.4 is 5.32 Å². The zero-order valence-electron chi connectivity index (χ0n) is 12.3. The Morgan fingerprint density at radius 3 is 2.58 bits per heavy atom. The van der Waals surface area contributed by atoms with Gasteiger partial charge in [0.15, 0.2) is 0 Å². The van der Waals surface area contributed by atoms with Gasteiger partial charge in [0.25, 0.3) is 0 Å². The molecule has 0 aliphatic heterocycles. The minimum absolute atomic E-state index is 0.421. The molecular weight excluding hydrogens is 252 g/mol. The number of rotatable bonds is 4. The number of nitrogens with one attached hydrogen (secondary N) is 1. The fourth-order valence-corrected chi connectivity index (χ4v) is 4.88. The van der Waals surface area contributed by atoms with E-state index in [0.29, 0.717) is 12.1 Å². The van der Waals surface area contributed by atoms with Crippen LogP contribution >= 0.6 is 11.3 Å². The number of hydrogen-bond acceptors (Lipinski definition) is 3. The zero-order chi connectivity index (χ0) is 13.6. The predicted molar refractivity (Wildman–Crippen MR) is 81.4 cm³/mol. The summed E-state index contributed by atoms with van der Waals surface area (Å²) < 4.78 is 0. The summed E-state index contributed by atoms with van der Waals surface area (Å²) in [7, 11) is 0. The van der Waals surface area contributed by atoms with E-state index in [1.165, 1.54) is 28.4 Å². The van der Waals surface area contributed by atoms with Gasteiger partial charge in [-0.3, -0.25) is 0 Å². The summed E-state index contributed by atoms with van der Waals surface area (Å²) in [6.07, 6.45) is 7.64. The fourth-order valence-electron chi connectivity index (χ4n) is 3.94. The lowest BCUT2D eigenvalue weighted by atomic mass is 9.87. The summed E-state index contributed by atoms with van der Waals surface area (Å²) in [6, 6.07) is 1.01. The first-order chi connectivity index (χ1) is 9.04. The SMILES string of the molecule is Cc1nc(C)c(C(C)NC(C)C2CC3C=CC2C3)s1. The normalized spacial score (nSPS) is 31.9. The van der Waals surface area contributed by atoms with Crippen LogP contribution in [-0.2, 0) is 0 Å². The van der Waals surface area contributed by atoms with Crippen LogP contribution in [0.1, 0.15) is 48.3 Å². The molecule has 1 aromatic rings. The Kier molecular flexibility index (Phi) is 3.52. The summed E-state index contributed by atoms with van der Waals surface area (Å²) in [6.45, 7) is 8.86. The van der Waals surface area contributed by atoms with Crippen molar-refractivity contribution in [3.63, 3.8) is 0 Å². The van der Waals surface area contributed by atoms with Gasteiger partial charge in [-0.2, -0.15) is 0 Å². The molecule has 3 rings (SSSR count). The van der Waals surface area contributed by atoms with Crippen LogP contribution in [0.3, 0.4) is 0 Å². The molecule has 3 heteroatoms. The van der Waals surface area contributed by atoms with Crippen molar-refractivity contribution in [1.29, 1.82) is 0 Å². The molecular formula is C16H24N2S. The van der Waals surface area contributed by atoms with E-state index < -0.39 is 0 Å². The summed E-state index contributed by atoms with van der Waals surface area (Å²) in [5.41, 5.74) is 1.20. The van der Waals surface area contributed by atoms with Crippen LogP contribution in [0, 0.1) is 31.6 Å². The van der Waals surface area contributed by atoms with Crippen LogP contribution in [-0.4, -0.2) is 11.0 Å². The molecule has 1 heterocycles. The highest BCUT2D eigenvalue weighted by molar-refractivity contribution is 7.11. The van der Waals surface area contributed by atoms with Gasteiger partial charge in [0.1, 0.15) is 0 Å². The maximum atomic E-state index is 4.54. The van der Waals surface area contributed by atoms with E-state index in [2.05, 4.69) is 50.1 Å². The Hall–Kier alpha value is -0.670. The molecule has 19 heavy (non-hydrogen) atoms. The maximum absolute atomic E-state index is 4.54. The number of allylic oxidation sites excluding steroid dienone is 2. The van der Waals surface area contributed by atoms with Gasteiger partial charge in [-0.1, -0.05) is 12.2 Å². The van der Waals surface area contributed by atoms with Crippen molar-refractivity contribution in [3.8, 4) is 0 Å². The molecule has 1 fully saturated rings. The van der Waals surface area contributed by atoms with Crippen LogP contribution in [0.2, 0.25) is 0 Å². The lowest BCUT2D eigenvalue weighted by Gasteiger charge is -2.29. The second-order valence-electron chi connectivity index (χ2n) is 6.30. The van der Waals surface area contributed by atoms with E-state index in [9.17, 15) is 0 Å². The van der Waals surface area contributed by atoms with Crippen molar-refractivity contribution in [2.24, 2.45) is 17.8 Å². The van der Waals surface area contributed by atoms with Gasteiger partial charge in [-0.05, 0) is 58.3 Å². The van der Waals surface area contributed by atoms with Gasteiger partial charge in [-0.15, -0.1) is 11.3 Å². The molecule has 1 aromatic heterocycles. The second kappa shape index (κ2) is 5.02. The van der Waals surface area contributed by atoms with E-state index in [1.54, 1.807) is 0 Å². The lowest BCUT2D eigenvalue weighted by molar-refractivity contribution is 0.308. The summed E-state index contributed by atoms with van der Waals surface area (Å²) >= 11 is 1.83. The van der Waals surface area contributed by atoms with Crippen molar-refractivity contribution in [2.45, 2.75) is 52.6 Å². The topological polar surface area (TPSA) is 24.9 Å². The molecule has 1 N–H and O–H groups in total. The van der Waals surface area contributed by atoms with E-state index in [-0.39, 0.29) is 0 Å². The Balaban J connectivity index is 1.65. The second-order valence-corrected chi connectivity index (χ2v) is 7.54. The van der Waals surface area contributed by atoms with Crippen molar-refractivity contribution in [3.05, 3.63) is 27.7 Å². The molecule has 2 nitrogen and oxygen atoms in total. The molecule has 2 aliphatic rings. The third-order valence-electron chi connectivity index (χ3n) is 4.82. The number of thiazole rings is 1. The highest BCUT2D eigenvalue weighted by Gasteiger charge is 2.38. The summed E-state index contributed by atoms with van der Waals surface area (Å²) in [5, 5.41) is 4.99. The van der Waals surface area contributed by atoms with Gasteiger partial charge in [-0.25, -0.2) is 4.98 Å². The molecule has 0 radical (unpaired) electrons. The Morgan fingerprint density at radius 1 is 1.26 bits per heavy atom. The number of nitrogens with zero attached hydrogens (tertiary/aromatic N) is 1. The largest absolute Gasteiger partial charge is 0.307 e. The molecule has 0 amide bonds. The smallest absolute Gasteiger partial charge is 0.0900 e. The average molecular weight is 276 g/mol. The average Bonchev–Trinajstić information content (AvgIpc) is 3.03. The standard InChI is InChI=1S/C16H24N2S/c1-9(15-8-13-5-6-14(15)7-13)17-10(2)16-11(3)18-12(4)19-16/h5-6,9-10,13-15,17H,7-8H2,1-4H3. The molecule has 104 valence electrons. The van der Waals surface area contributed by atoms with Gasteiger partial charge >= 0.3 is 0 Å². The van der Waals surface area contributed by atoms with Crippen LogP contribution in [0.25, 0.3) is 0 Å². The number of hydrogen-bond donors (Lipinski definition) is 1. The molecule has 5 unspecified atom stereocenters. The first-order valence-electron chi connectivity index (χ1n) is 7.43. The third kappa shape index (κ3) is 2.50. The van der Waals surface area contributed by atoms with Gasteiger partial charge in [0, 0.05) is 17.0 Å². The Morgan fingerprint density at radius 2 is 2.05 bits per heavy atom. The zero-order valence-corrected chi connectivity index (χ0v) is 13.1. The van der Waals surface area contributed by atoms with Crippen molar-refractivity contribution < 1.29 is 0 Å². The predicted octanol–water partition coefficient (Wildman–Crippen LogP) is 4.01. The van der Waals surface area contributed by atoms with Crippen LogP contribution in [0.4, 0.5) is 0 Å². The van der Waals surface area contributed by atoms with Gasteiger partial charge in [0.05, 0.1) is 10.7 Å². The van der Waals surface area contributed by atoms with Crippen molar-refractivity contribution in [1.82, 2.24) is 10.3 Å². The van der Waals surface area contributed by atoms with Crippen LogP contribution in [0.5, 0.6) is 0 Å². The van der Waals surface area contributed by atoms with E-state index in [1.807, 2.05) is 11.3 Å². The van der Waals surface area contributed by atoms with Crippen LogP contribution in [0.15, 0.2) is 12.2 Å². The van der Waals surface area contributed by atoms with E-state index in [0.717, 1.165) is 17.8 Å². The minimum Gasteiger partial charge on any atom is -0.307 e. The molecule has 2 aliphatic carbocycles. The van der Waals surface area contributed by atoms with Gasteiger partial charge < -0.3 is 5.32 Å². The quantitative estimate of drug-likeness (QED) is 0.840. The van der Waals surface area contributed by atoms with Crippen molar-refractivity contribution in [2.75, 3.05) is 0 Å². The molecule has 0 saturated heterocycles. The summed E-state index contributed by atoms with van der Waals surface area (Å²) in [4.78, 5) is 5.95. The highest BCUT2D eigenvalue weighted by Crippen LogP contribution is 2.45. The van der Waals surface area contributed by atoms with Gasteiger partial charge in [0.2, 0.25) is 0 Å². The summed E-state index contributed by atoms with van der Waals surface area (Å²) in [5.74, 6) is 2.51. The first kappa shape index (κ1) is 13.3. The Bertz CT molecular complexity index is 491. The number of fused-ring (bicyclic) bond motifs is 2. The molecule has 1 saturated carbocycles.